The normalized spacial score (nSPS) is 20.0. The standard InChI is InChI=1S/C22H32N4O2S/c1-16-11-17(2)14-26(13-16)10-5-4-8-23-21(27)20-7-6-9-24-22(20)29-15-19-12-18(3)28-25-19/h6-7,9,12,16-17H,4-5,8,10-11,13-15H2,1-3H3,(H,23,27)/t16-,17+. The fraction of sp³-hybridized carbons (Fsp3) is 0.591. The number of rotatable bonds is 9. The third kappa shape index (κ3) is 6.85. The molecule has 1 aliphatic rings. The number of hydrogen-bond acceptors (Lipinski definition) is 6. The van der Waals surface area contributed by atoms with Gasteiger partial charge in [-0.25, -0.2) is 4.98 Å². The van der Waals surface area contributed by atoms with Gasteiger partial charge in [0, 0.05) is 37.7 Å². The van der Waals surface area contributed by atoms with Crippen LogP contribution in [0.1, 0.15) is 54.9 Å². The number of hydrogen-bond donors (Lipinski definition) is 1. The van der Waals surface area contributed by atoms with Crippen molar-refractivity contribution in [3.05, 3.63) is 41.4 Å². The lowest BCUT2D eigenvalue weighted by atomic mass is 9.92. The number of nitrogens with one attached hydrogen (secondary N) is 1. The lowest BCUT2D eigenvalue weighted by molar-refractivity contribution is 0.0948. The van der Waals surface area contributed by atoms with Gasteiger partial charge in [0.2, 0.25) is 0 Å². The Morgan fingerprint density at radius 3 is 2.83 bits per heavy atom. The van der Waals surface area contributed by atoms with Crippen LogP contribution in [0.4, 0.5) is 0 Å². The first-order valence-electron chi connectivity index (χ1n) is 10.5. The van der Waals surface area contributed by atoms with Crippen LogP contribution in [0, 0.1) is 18.8 Å². The first kappa shape index (κ1) is 21.8. The minimum atomic E-state index is -0.0582. The molecule has 1 aliphatic heterocycles. The number of thioether (sulfide) groups is 1. The second-order valence-electron chi connectivity index (χ2n) is 8.24. The molecule has 6 nitrogen and oxygen atoms in total. The molecule has 1 fully saturated rings. The van der Waals surface area contributed by atoms with Crippen LogP contribution in [-0.2, 0) is 5.75 Å². The molecule has 0 radical (unpaired) electrons. The maximum atomic E-state index is 12.6. The van der Waals surface area contributed by atoms with Crippen LogP contribution >= 0.6 is 11.8 Å². The molecule has 0 aliphatic carbocycles. The Hall–Kier alpha value is -1.86. The molecule has 0 aromatic carbocycles. The second-order valence-corrected chi connectivity index (χ2v) is 9.21. The molecule has 3 heterocycles. The lowest BCUT2D eigenvalue weighted by Crippen LogP contribution is -2.39. The Morgan fingerprint density at radius 2 is 2.10 bits per heavy atom. The highest BCUT2D eigenvalue weighted by atomic mass is 32.2. The number of pyridine rings is 1. The number of aromatic nitrogens is 2. The van der Waals surface area contributed by atoms with E-state index in [0.29, 0.717) is 17.9 Å². The van der Waals surface area contributed by atoms with Crippen molar-refractivity contribution in [1.82, 2.24) is 20.4 Å². The molecule has 2 atom stereocenters. The van der Waals surface area contributed by atoms with Crippen LogP contribution in [0.2, 0.25) is 0 Å². The number of piperidine rings is 1. The van der Waals surface area contributed by atoms with Gasteiger partial charge in [-0.15, -0.1) is 0 Å². The average molecular weight is 417 g/mol. The van der Waals surface area contributed by atoms with Gasteiger partial charge in [-0.3, -0.25) is 4.79 Å². The molecule has 1 N–H and O–H groups in total. The van der Waals surface area contributed by atoms with Gasteiger partial charge >= 0.3 is 0 Å². The molecule has 1 saturated heterocycles. The van der Waals surface area contributed by atoms with E-state index in [1.807, 2.05) is 19.1 Å². The van der Waals surface area contributed by atoms with E-state index in [4.69, 9.17) is 4.52 Å². The van der Waals surface area contributed by atoms with E-state index in [1.165, 1.54) is 31.3 Å². The van der Waals surface area contributed by atoms with Crippen molar-refractivity contribution < 1.29 is 9.32 Å². The zero-order valence-corrected chi connectivity index (χ0v) is 18.5. The summed E-state index contributed by atoms with van der Waals surface area (Å²) in [6.45, 7) is 10.8. The first-order chi connectivity index (χ1) is 14.0. The van der Waals surface area contributed by atoms with Gasteiger partial charge in [0.25, 0.3) is 5.91 Å². The van der Waals surface area contributed by atoms with Gasteiger partial charge in [-0.1, -0.05) is 30.8 Å². The van der Waals surface area contributed by atoms with Crippen molar-refractivity contribution in [2.75, 3.05) is 26.2 Å². The Labute approximate surface area is 177 Å². The smallest absolute Gasteiger partial charge is 0.254 e. The Bertz CT molecular complexity index is 785. The number of carbonyl (C=O) groups excluding carboxylic acids is 1. The van der Waals surface area contributed by atoms with Crippen LogP contribution in [0.3, 0.4) is 0 Å². The van der Waals surface area contributed by atoms with Gasteiger partial charge < -0.3 is 14.7 Å². The third-order valence-corrected chi connectivity index (χ3v) is 6.22. The van der Waals surface area contributed by atoms with Crippen molar-refractivity contribution in [3.63, 3.8) is 0 Å². The van der Waals surface area contributed by atoms with Crippen molar-refractivity contribution in [1.29, 1.82) is 0 Å². The fourth-order valence-electron chi connectivity index (χ4n) is 4.04. The highest BCUT2D eigenvalue weighted by Gasteiger charge is 2.21. The van der Waals surface area contributed by atoms with E-state index >= 15 is 0 Å². The Balaban J connectivity index is 1.41. The summed E-state index contributed by atoms with van der Waals surface area (Å²) in [7, 11) is 0. The summed E-state index contributed by atoms with van der Waals surface area (Å²) in [6, 6.07) is 5.53. The minimum absolute atomic E-state index is 0.0582. The fourth-order valence-corrected chi connectivity index (χ4v) is 4.91. The van der Waals surface area contributed by atoms with Crippen LogP contribution in [0.15, 0.2) is 33.9 Å². The van der Waals surface area contributed by atoms with E-state index < -0.39 is 0 Å². The topological polar surface area (TPSA) is 71.3 Å². The van der Waals surface area contributed by atoms with Gasteiger partial charge in [0.05, 0.1) is 11.3 Å². The van der Waals surface area contributed by atoms with Crippen molar-refractivity contribution in [2.45, 2.75) is 50.8 Å². The van der Waals surface area contributed by atoms with Crippen LogP contribution in [-0.4, -0.2) is 47.1 Å². The molecule has 7 heteroatoms. The number of nitrogens with zero attached hydrogens (tertiary/aromatic N) is 3. The summed E-state index contributed by atoms with van der Waals surface area (Å²) in [6.07, 6.45) is 5.16. The maximum absolute atomic E-state index is 12.6. The van der Waals surface area contributed by atoms with Crippen LogP contribution in [0.25, 0.3) is 0 Å². The monoisotopic (exact) mass is 416 g/mol. The highest BCUT2D eigenvalue weighted by Crippen LogP contribution is 2.24. The quantitative estimate of drug-likeness (QED) is 0.489. The Kier molecular flexibility index (Phi) is 8.12. The van der Waals surface area contributed by atoms with Gasteiger partial charge in [-0.2, -0.15) is 0 Å². The summed E-state index contributed by atoms with van der Waals surface area (Å²) in [5.41, 5.74) is 1.47. The molecule has 2 aromatic heterocycles. The molecule has 3 rings (SSSR count). The Morgan fingerprint density at radius 1 is 1.31 bits per heavy atom. The molecule has 0 unspecified atom stereocenters. The summed E-state index contributed by atoms with van der Waals surface area (Å²) in [5.74, 6) is 2.94. The molecule has 158 valence electrons. The molecule has 0 saturated carbocycles. The van der Waals surface area contributed by atoms with Crippen molar-refractivity contribution in [3.8, 4) is 0 Å². The molecule has 0 bridgehead atoms. The average Bonchev–Trinajstić information content (AvgIpc) is 3.10. The van der Waals surface area contributed by atoms with E-state index in [1.54, 1.807) is 12.3 Å². The zero-order valence-electron chi connectivity index (χ0n) is 17.7. The summed E-state index contributed by atoms with van der Waals surface area (Å²) >= 11 is 1.50. The molecular formula is C22H32N4O2S. The SMILES string of the molecule is Cc1cc(CSc2ncccc2C(=O)NCCCCN2C[C@H](C)C[C@H](C)C2)no1. The van der Waals surface area contributed by atoms with E-state index in [0.717, 1.165) is 47.7 Å². The minimum Gasteiger partial charge on any atom is -0.361 e. The zero-order chi connectivity index (χ0) is 20.6. The van der Waals surface area contributed by atoms with E-state index in [9.17, 15) is 4.79 Å². The maximum Gasteiger partial charge on any atom is 0.254 e. The number of amides is 1. The third-order valence-electron chi connectivity index (χ3n) is 5.18. The predicted molar refractivity (Wildman–Crippen MR) is 116 cm³/mol. The lowest BCUT2D eigenvalue weighted by Gasteiger charge is -2.34. The molecule has 1 amide bonds. The molecule has 29 heavy (non-hydrogen) atoms. The number of unbranched alkanes of at least 4 members (excludes halogenated alkanes) is 1. The molecule has 2 aromatic rings. The van der Waals surface area contributed by atoms with Gasteiger partial charge in [0.15, 0.2) is 0 Å². The van der Waals surface area contributed by atoms with E-state index in [-0.39, 0.29) is 5.91 Å². The summed E-state index contributed by atoms with van der Waals surface area (Å²) in [5, 5.41) is 7.77. The van der Waals surface area contributed by atoms with Crippen LogP contribution < -0.4 is 5.32 Å². The van der Waals surface area contributed by atoms with Crippen molar-refractivity contribution in [2.24, 2.45) is 11.8 Å². The largest absolute Gasteiger partial charge is 0.361 e. The number of aryl methyl sites for hydroxylation is 1. The van der Waals surface area contributed by atoms with Gasteiger partial charge in [0.1, 0.15) is 10.8 Å². The highest BCUT2D eigenvalue weighted by molar-refractivity contribution is 7.98. The van der Waals surface area contributed by atoms with Crippen LogP contribution in [0.5, 0.6) is 0 Å². The predicted octanol–water partition coefficient (Wildman–Crippen LogP) is 4.16. The van der Waals surface area contributed by atoms with Crippen molar-refractivity contribution >= 4 is 17.7 Å². The second kappa shape index (κ2) is 10.8. The number of carbonyl (C=O) groups is 1. The van der Waals surface area contributed by atoms with Gasteiger partial charge in [-0.05, 0) is 56.7 Å². The summed E-state index contributed by atoms with van der Waals surface area (Å²) < 4.78 is 5.10. The van der Waals surface area contributed by atoms with E-state index in [2.05, 4.69) is 34.2 Å². The summed E-state index contributed by atoms with van der Waals surface area (Å²) in [4.78, 5) is 19.6. The molecule has 0 spiro atoms. The number of likely N-dealkylation sites (tertiary alicyclic amines) is 1. The molecular weight excluding hydrogens is 384 g/mol. The first-order valence-corrected chi connectivity index (χ1v) is 11.5.